The lowest BCUT2D eigenvalue weighted by Gasteiger charge is -2.45. The summed E-state index contributed by atoms with van der Waals surface area (Å²) in [4.78, 5) is 15.7. The molecule has 5 rings (SSSR count). The predicted octanol–water partition coefficient (Wildman–Crippen LogP) is 2.05. The minimum absolute atomic E-state index is 0.0805. The first-order valence-electron chi connectivity index (χ1n) is 9.16. The number of carbonyl (C=O) groups is 1. The molecule has 2 heterocycles. The van der Waals surface area contributed by atoms with Crippen molar-refractivity contribution < 1.29 is 28.8 Å². The molecule has 1 unspecified atom stereocenters. The van der Waals surface area contributed by atoms with Gasteiger partial charge in [0.1, 0.15) is 11.6 Å². The van der Waals surface area contributed by atoms with Crippen LogP contribution in [0.4, 0.5) is 0 Å². The van der Waals surface area contributed by atoms with E-state index in [1.165, 1.54) is 0 Å². The molecular weight excluding hydrogens is 362 g/mol. The van der Waals surface area contributed by atoms with Crippen molar-refractivity contribution in [3.8, 4) is 23.0 Å². The Kier molecular flexibility index (Phi) is 3.63. The van der Waals surface area contributed by atoms with Gasteiger partial charge in [0.2, 0.25) is 6.79 Å². The van der Waals surface area contributed by atoms with Crippen LogP contribution in [0.3, 0.4) is 0 Å². The van der Waals surface area contributed by atoms with Gasteiger partial charge in [-0.15, -0.1) is 0 Å². The van der Waals surface area contributed by atoms with Gasteiger partial charge >= 0.3 is 0 Å². The van der Waals surface area contributed by atoms with E-state index < -0.39 is 11.6 Å². The van der Waals surface area contributed by atoms with E-state index in [0.29, 0.717) is 40.7 Å². The van der Waals surface area contributed by atoms with E-state index in [2.05, 4.69) is 0 Å². The first-order valence-corrected chi connectivity index (χ1v) is 9.16. The van der Waals surface area contributed by atoms with Crippen LogP contribution in [0.2, 0.25) is 0 Å². The standard InChI is InChI=1S/C21H21NO6/c1-22-7-6-11-8-15(25-2)16(26-3)9-13(11)21(22)19(23)12-4-5-14-18(28-10-27-14)17(12)20(21)24/h4-5,8-9,20,24H,6-7,10H2,1-3H3/t20-,21?/m1/s1. The molecular formula is C21H21NO6. The minimum Gasteiger partial charge on any atom is -0.493 e. The number of likely N-dealkylation sites (N-methyl/N-ethyl adjacent to an activating group) is 1. The van der Waals surface area contributed by atoms with Gasteiger partial charge in [-0.05, 0) is 48.9 Å². The van der Waals surface area contributed by atoms with E-state index >= 15 is 0 Å². The summed E-state index contributed by atoms with van der Waals surface area (Å²) in [5, 5.41) is 11.5. The molecule has 0 radical (unpaired) electrons. The van der Waals surface area contributed by atoms with Crippen molar-refractivity contribution in [2.24, 2.45) is 0 Å². The summed E-state index contributed by atoms with van der Waals surface area (Å²) in [6.45, 7) is 0.704. The van der Waals surface area contributed by atoms with Crippen molar-refractivity contribution in [3.05, 3.63) is 46.5 Å². The smallest absolute Gasteiger partial charge is 0.231 e. The Bertz CT molecular complexity index is 1000. The van der Waals surface area contributed by atoms with E-state index in [1.54, 1.807) is 26.4 Å². The Hall–Kier alpha value is -2.77. The van der Waals surface area contributed by atoms with Gasteiger partial charge in [-0.2, -0.15) is 0 Å². The average molecular weight is 383 g/mol. The topological polar surface area (TPSA) is 77.5 Å². The number of fused-ring (bicyclic) bond motifs is 5. The lowest BCUT2D eigenvalue weighted by atomic mass is 9.76. The number of hydrogen-bond acceptors (Lipinski definition) is 7. The summed E-state index contributed by atoms with van der Waals surface area (Å²) in [5.41, 5.74) is 1.42. The molecule has 2 aromatic carbocycles. The molecule has 0 saturated carbocycles. The third-order valence-electron chi connectivity index (χ3n) is 6.18. The number of nitrogens with zero attached hydrogens (tertiary/aromatic N) is 1. The van der Waals surface area contributed by atoms with E-state index in [1.807, 2.05) is 24.1 Å². The molecule has 2 aromatic rings. The fraction of sp³-hybridized carbons (Fsp3) is 0.381. The van der Waals surface area contributed by atoms with E-state index in [0.717, 1.165) is 17.5 Å². The fourth-order valence-electron chi connectivity index (χ4n) is 4.81. The van der Waals surface area contributed by atoms with E-state index in [-0.39, 0.29) is 12.6 Å². The molecule has 0 bridgehead atoms. The molecule has 1 N–H and O–H groups in total. The molecule has 7 heteroatoms. The highest BCUT2D eigenvalue weighted by Crippen LogP contribution is 2.57. The van der Waals surface area contributed by atoms with Crippen molar-refractivity contribution in [2.45, 2.75) is 18.1 Å². The van der Waals surface area contributed by atoms with Crippen LogP contribution in [0.5, 0.6) is 23.0 Å². The number of carbonyl (C=O) groups excluding carboxylic acids is 1. The number of benzene rings is 2. The number of ether oxygens (including phenoxy) is 4. The molecule has 28 heavy (non-hydrogen) atoms. The van der Waals surface area contributed by atoms with Gasteiger partial charge in [0.25, 0.3) is 0 Å². The van der Waals surface area contributed by atoms with Crippen molar-refractivity contribution >= 4 is 5.78 Å². The van der Waals surface area contributed by atoms with Crippen LogP contribution in [0.25, 0.3) is 0 Å². The Labute approximate surface area is 162 Å². The van der Waals surface area contributed by atoms with Crippen molar-refractivity contribution in [1.82, 2.24) is 4.90 Å². The summed E-state index contributed by atoms with van der Waals surface area (Å²) in [6, 6.07) is 7.15. The fourth-order valence-corrected chi connectivity index (χ4v) is 4.81. The molecule has 7 nitrogen and oxygen atoms in total. The van der Waals surface area contributed by atoms with Gasteiger partial charge in [-0.25, -0.2) is 0 Å². The monoisotopic (exact) mass is 383 g/mol. The van der Waals surface area contributed by atoms with Crippen LogP contribution < -0.4 is 18.9 Å². The molecule has 146 valence electrons. The van der Waals surface area contributed by atoms with E-state index in [4.69, 9.17) is 18.9 Å². The number of hydrogen-bond donors (Lipinski definition) is 1. The first-order chi connectivity index (χ1) is 13.5. The molecule has 3 aliphatic rings. The van der Waals surface area contributed by atoms with Gasteiger partial charge in [0.05, 0.1) is 14.2 Å². The van der Waals surface area contributed by atoms with Crippen LogP contribution in [0.15, 0.2) is 24.3 Å². The Morgan fingerprint density at radius 2 is 1.93 bits per heavy atom. The SMILES string of the molecule is COc1cc2c(cc1OC)C1(C(=O)c3ccc4c(c3[C@H]1O)OCO4)N(C)CC2. The van der Waals surface area contributed by atoms with Crippen molar-refractivity contribution in [2.75, 3.05) is 34.6 Å². The Morgan fingerprint density at radius 3 is 2.68 bits per heavy atom. The molecule has 0 amide bonds. The highest BCUT2D eigenvalue weighted by Gasteiger charge is 2.60. The normalized spacial score (nSPS) is 25.0. The molecule has 1 spiro atoms. The van der Waals surface area contributed by atoms with Gasteiger partial charge < -0.3 is 24.1 Å². The maximum atomic E-state index is 13.7. The summed E-state index contributed by atoms with van der Waals surface area (Å²) >= 11 is 0. The molecule has 0 aromatic heterocycles. The molecule has 2 aliphatic heterocycles. The number of Topliss-reactive ketones (excluding diaryl/α,β-unsaturated/α-hetero) is 1. The number of methoxy groups -OCH3 is 2. The van der Waals surface area contributed by atoms with Crippen LogP contribution in [0.1, 0.15) is 33.2 Å². The van der Waals surface area contributed by atoms with Crippen LogP contribution in [-0.4, -0.2) is 50.4 Å². The van der Waals surface area contributed by atoms with Crippen LogP contribution in [-0.2, 0) is 12.0 Å². The van der Waals surface area contributed by atoms with Gasteiger partial charge in [0.15, 0.2) is 28.8 Å². The lowest BCUT2D eigenvalue weighted by molar-refractivity contribution is -0.00852. The summed E-state index contributed by atoms with van der Waals surface area (Å²) in [6.07, 6.45) is -0.351. The van der Waals surface area contributed by atoms with Crippen molar-refractivity contribution in [1.29, 1.82) is 0 Å². The first kappa shape index (κ1) is 17.3. The Balaban J connectivity index is 1.78. The molecule has 0 saturated heterocycles. The minimum atomic E-state index is -1.24. The third-order valence-corrected chi connectivity index (χ3v) is 6.18. The molecule has 0 fully saturated rings. The molecule has 2 atom stereocenters. The van der Waals surface area contributed by atoms with Crippen LogP contribution in [0, 0.1) is 0 Å². The molecule has 1 aliphatic carbocycles. The largest absolute Gasteiger partial charge is 0.493 e. The number of rotatable bonds is 2. The predicted molar refractivity (Wildman–Crippen MR) is 99.4 cm³/mol. The van der Waals surface area contributed by atoms with Crippen molar-refractivity contribution in [3.63, 3.8) is 0 Å². The second kappa shape index (κ2) is 5.86. The van der Waals surface area contributed by atoms with Gasteiger partial charge in [0, 0.05) is 17.7 Å². The highest BCUT2D eigenvalue weighted by molar-refractivity contribution is 6.10. The summed E-state index contributed by atoms with van der Waals surface area (Å²) in [7, 11) is 5.01. The summed E-state index contributed by atoms with van der Waals surface area (Å²) in [5.74, 6) is 1.99. The van der Waals surface area contributed by atoms with Gasteiger partial charge in [-0.1, -0.05) is 0 Å². The van der Waals surface area contributed by atoms with Crippen LogP contribution >= 0.6 is 0 Å². The zero-order valence-electron chi connectivity index (χ0n) is 15.9. The second-order valence-corrected chi connectivity index (χ2v) is 7.29. The number of ketones is 1. The third kappa shape index (κ3) is 1.92. The lowest BCUT2D eigenvalue weighted by Crippen LogP contribution is -2.54. The second-order valence-electron chi connectivity index (χ2n) is 7.29. The maximum absolute atomic E-state index is 13.7. The summed E-state index contributed by atoms with van der Waals surface area (Å²) < 4.78 is 22.0. The van der Waals surface area contributed by atoms with E-state index in [9.17, 15) is 9.90 Å². The Morgan fingerprint density at radius 1 is 1.18 bits per heavy atom. The quantitative estimate of drug-likeness (QED) is 0.850. The zero-order valence-corrected chi connectivity index (χ0v) is 15.9. The zero-order chi connectivity index (χ0) is 19.6. The highest BCUT2D eigenvalue weighted by atomic mass is 16.7. The number of aliphatic hydroxyl groups excluding tert-OH is 1. The average Bonchev–Trinajstić information content (AvgIpc) is 3.27. The number of aliphatic hydroxyl groups is 1. The maximum Gasteiger partial charge on any atom is 0.231 e. The van der Waals surface area contributed by atoms with Gasteiger partial charge in [-0.3, -0.25) is 9.69 Å².